The van der Waals surface area contributed by atoms with E-state index in [1.54, 1.807) is 0 Å². The Bertz CT molecular complexity index is 1410. The minimum absolute atomic E-state index is 0.0813. The van der Waals surface area contributed by atoms with Crippen molar-refractivity contribution in [1.82, 2.24) is 0 Å². The smallest absolute Gasteiger partial charge is 0.306 e. The third-order valence-corrected chi connectivity index (χ3v) is 15.5. The number of rotatable bonds is 64. The third-order valence-electron chi connectivity index (χ3n) is 15.5. The van der Waals surface area contributed by atoms with Gasteiger partial charge in [-0.15, -0.1) is 0 Å². The molecule has 460 valence electrons. The molecule has 1 atom stereocenters. The standard InChI is InChI=1S/C73H132O6/c1-4-7-10-13-16-19-22-25-27-29-31-32-33-34-35-36-37-38-39-40-42-43-45-48-51-54-57-60-63-66-72(75)78-69-70(68-77-71(74)65-62-59-56-53-50-47-24-21-18-15-12-9-6-3)79-73(76)67-64-61-58-55-52-49-46-44-41-30-28-26-23-20-17-14-11-8-5-2/h9,12,18,21,26,28-29,31,47,50,70H,4-8,10-11,13-17,19-20,22-25,27,30,32-46,48-49,51-69H2,1-3H3/b12-9-,21-18-,28-26-,31-29-,50-47-. The van der Waals surface area contributed by atoms with Crippen LogP contribution in [0.1, 0.15) is 367 Å². The Morgan fingerprint density at radius 1 is 0.266 bits per heavy atom. The lowest BCUT2D eigenvalue weighted by atomic mass is 10.0. The summed E-state index contributed by atoms with van der Waals surface area (Å²) in [7, 11) is 0. The van der Waals surface area contributed by atoms with Crippen molar-refractivity contribution in [3.05, 3.63) is 60.8 Å². The number of ether oxygens (including phenoxy) is 3. The van der Waals surface area contributed by atoms with Crippen LogP contribution < -0.4 is 0 Å². The number of esters is 3. The zero-order valence-electron chi connectivity index (χ0n) is 52.9. The van der Waals surface area contributed by atoms with E-state index in [2.05, 4.69) is 81.5 Å². The first kappa shape index (κ1) is 76.1. The fourth-order valence-corrected chi connectivity index (χ4v) is 10.3. The van der Waals surface area contributed by atoms with Gasteiger partial charge in [-0.05, 0) is 103 Å². The lowest BCUT2D eigenvalue weighted by Crippen LogP contribution is -2.30. The number of hydrogen-bond donors (Lipinski definition) is 0. The average Bonchev–Trinajstić information content (AvgIpc) is 3.45. The number of allylic oxidation sites excluding steroid dienone is 10. The summed E-state index contributed by atoms with van der Waals surface area (Å²) >= 11 is 0. The van der Waals surface area contributed by atoms with Gasteiger partial charge in [0.2, 0.25) is 0 Å². The molecule has 0 aromatic carbocycles. The summed E-state index contributed by atoms with van der Waals surface area (Å²) in [4.78, 5) is 38.4. The molecule has 0 aromatic rings. The topological polar surface area (TPSA) is 78.9 Å². The molecule has 79 heavy (non-hydrogen) atoms. The number of carbonyl (C=O) groups is 3. The molecular weight excluding hydrogens is 973 g/mol. The monoisotopic (exact) mass is 1110 g/mol. The first-order chi connectivity index (χ1) is 39.0. The van der Waals surface area contributed by atoms with Crippen LogP contribution in [0, 0.1) is 0 Å². The molecule has 0 aliphatic rings. The molecule has 0 aliphatic heterocycles. The summed E-state index contributed by atoms with van der Waals surface area (Å²) in [5.74, 6) is -0.894. The number of unbranched alkanes of at least 4 members (excludes halogenated alkanes) is 43. The fraction of sp³-hybridized carbons (Fsp3) is 0.822. The molecule has 0 spiro atoms. The Kier molecular flexibility index (Phi) is 65.1. The molecule has 0 heterocycles. The van der Waals surface area contributed by atoms with Crippen LogP contribution in [0.4, 0.5) is 0 Å². The van der Waals surface area contributed by atoms with Gasteiger partial charge >= 0.3 is 17.9 Å². The largest absolute Gasteiger partial charge is 0.462 e. The zero-order chi connectivity index (χ0) is 57.1. The van der Waals surface area contributed by atoms with Gasteiger partial charge in [0.05, 0.1) is 0 Å². The molecule has 0 saturated carbocycles. The molecule has 6 heteroatoms. The van der Waals surface area contributed by atoms with Crippen LogP contribution >= 0.6 is 0 Å². The maximum absolute atomic E-state index is 12.9. The Balaban J connectivity index is 4.21. The van der Waals surface area contributed by atoms with E-state index in [1.165, 1.54) is 244 Å². The van der Waals surface area contributed by atoms with Gasteiger partial charge in [-0.25, -0.2) is 0 Å². The number of hydrogen-bond acceptors (Lipinski definition) is 6. The highest BCUT2D eigenvalue weighted by Gasteiger charge is 2.19. The van der Waals surface area contributed by atoms with Crippen LogP contribution in [-0.4, -0.2) is 37.2 Å². The van der Waals surface area contributed by atoms with Crippen LogP contribution in [0.2, 0.25) is 0 Å². The third kappa shape index (κ3) is 65.8. The molecule has 0 radical (unpaired) electrons. The second-order valence-electron chi connectivity index (χ2n) is 23.4. The minimum atomic E-state index is -0.787. The van der Waals surface area contributed by atoms with Crippen LogP contribution in [0.5, 0.6) is 0 Å². The van der Waals surface area contributed by atoms with Crippen molar-refractivity contribution < 1.29 is 28.6 Å². The van der Waals surface area contributed by atoms with Gasteiger partial charge in [0.25, 0.3) is 0 Å². The zero-order valence-corrected chi connectivity index (χ0v) is 52.9. The van der Waals surface area contributed by atoms with E-state index in [9.17, 15) is 14.4 Å². The second kappa shape index (κ2) is 67.6. The Labute approximate surface area is 491 Å². The van der Waals surface area contributed by atoms with E-state index in [4.69, 9.17) is 14.2 Å². The summed E-state index contributed by atoms with van der Waals surface area (Å²) in [5, 5.41) is 0. The fourth-order valence-electron chi connectivity index (χ4n) is 10.3. The van der Waals surface area contributed by atoms with Gasteiger partial charge in [0, 0.05) is 19.3 Å². The molecule has 6 nitrogen and oxygen atoms in total. The molecule has 1 unspecified atom stereocenters. The summed E-state index contributed by atoms with van der Waals surface area (Å²) in [6.07, 6.45) is 86.9. The van der Waals surface area contributed by atoms with Gasteiger partial charge in [-0.1, -0.05) is 306 Å². The van der Waals surface area contributed by atoms with E-state index in [0.29, 0.717) is 19.3 Å². The van der Waals surface area contributed by atoms with Gasteiger partial charge in [-0.2, -0.15) is 0 Å². The van der Waals surface area contributed by atoms with Crippen molar-refractivity contribution in [2.45, 2.75) is 374 Å². The summed E-state index contributed by atoms with van der Waals surface area (Å²) in [5.41, 5.74) is 0. The van der Waals surface area contributed by atoms with Gasteiger partial charge in [0.1, 0.15) is 13.2 Å². The lowest BCUT2D eigenvalue weighted by Gasteiger charge is -2.18. The van der Waals surface area contributed by atoms with Gasteiger partial charge in [-0.3, -0.25) is 14.4 Å². The second-order valence-corrected chi connectivity index (χ2v) is 23.4. The van der Waals surface area contributed by atoms with Crippen LogP contribution in [0.15, 0.2) is 60.8 Å². The maximum Gasteiger partial charge on any atom is 0.306 e. The highest BCUT2D eigenvalue weighted by atomic mass is 16.6. The molecule has 0 aromatic heterocycles. The summed E-state index contributed by atoms with van der Waals surface area (Å²) < 4.78 is 16.9. The van der Waals surface area contributed by atoms with E-state index in [1.807, 2.05) is 0 Å². The Morgan fingerprint density at radius 2 is 0.494 bits per heavy atom. The molecule has 0 aliphatic carbocycles. The highest BCUT2D eigenvalue weighted by Crippen LogP contribution is 2.18. The molecule has 0 N–H and O–H groups in total. The predicted molar refractivity (Wildman–Crippen MR) is 344 cm³/mol. The van der Waals surface area contributed by atoms with Crippen LogP contribution in [0.3, 0.4) is 0 Å². The highest BCUT2D eigenvalue weighted by molar-refractivity contribution is 5.71. The van der Waals surface area contributed by atoms with Crippen molar-refractivity contribution in [2.24, 2.45) is 0 Å². The Hall–Kier alpha value is -2.89. The average molecular weight is 1110 g/mol. The van der Waals surface area contributed by atoms with Crippen molar-refractivity contribution in [2.75, 3.05) is 13.2 Å². The van der Waals surface area contributed by atoms with E-state index >= 15 is 0 Å². The van der Waals surface area contributed by atoms with Crippen molar-refractivity contribution >= 4 is 17.9 Å². The van der Waals surface area contributed by atoms with Crippen LogP contribution in [0.25, 0.3) is 0 Å². The summed E-state index contributed by atoms with van der Waals surface area (Å²) in [6.45, 7) is 6.55. The normalized spacial score (nSPS) is 12.4. The van der Waals surface area contributed by atoms with Gasteiger partial charge < -0.3 is 14.2 Å². The molecular formula is C73H132O6. The first-order valence-electron chi connectivity index (χ1n) is 34.8. The summed E-state index contributed by atoms with van der Waals surface area (Å²) in [6, 6.07) is 0. The van der Waals surface area contributed by atoms with E-state index in [0.717, 1.165) is 83.5 Å². The van der Waals surface area contributed by atoms with Gasteiger partial charge in [0.15, 0.2) is 6.10 Å². The van der Waals surface area contributed by atoms with E-state index < -0.39 is 6.10 Å². The first-order valence-corrected chi connectivity index (χ1v) is 34.8. The van der Waals surface area contributed by atoms with E-state index in [-0.39, 0.29) is 31.1 Å². The Morgan fingerprint density at radius 3 is 0.797 bits per heavy atom. The van der Waals surface area contributed by atoms with Crippen LogP contribution in [-0.2, 0) is 28.6 Å². The van der Waals surface area contributed by atoms with Crippen molar-refractivity contribution in [1.29, 1.82) is 0 Å². The molecule has 0 saturated heterocycles. The minimum Gasteiger partial charge on any atom is -0.462 e. The van der Waals surface area contributed by atoms with Crippen molar-refractivity contribution in [3.63, 3.8) is 0 Å². The lowest BCUT2D eigenvalue weighted by molar-refractivity contribution is -0.167. The molecule has 0 amide bonds. The van der Waals surface area contributed by atoms with Crippen molar-refractivity contribution in [3.8, 4) is 0 Å². The maximum atomic E-state index is 12.9. The number of carbonyl (C=O) groups excluding carboxylic acids is 3. The quantitative estimate of drug-likeness (QED) is 0.0261. The molecule has 0 rings (SSSR count). The SMILES string of the molecule is CC/C=C\C/C=C\C/C=C\CCCCCC(=O)OCC(COC(=O)CCCCCCCCCCCCCCCCCCC/C=C\CCCCCCCCCC)OC(=O)CCCCCCCCCCC/C=C\CCCCCCCC. The predicted octanol–water partition coefficient (Wildman–Crippen LogP) is 23.9. The molecule has 0 fully saturated rings. The molecule has 0 bridgehead atoms.